The SMILES string of the molecule is O=C(Nc1cccc2c(NC(=O)c3ccc(OCCOc4ccccc4)cc3)cccc12)c1ccc(OCCOc2ccccc2)cc1. The first-order valence-corrected chi connectivity index (χ1v) is 15.6. The Morgan fingerprint density at radius 2 is 0.708 bits per heavy atom. The monoisotopic (exact) mass is 638 g/mol. The van der Waals surface area contributed by atoms with Crippen molar-refractivity contribution in [1.29, 1.82) is 0 Å². The first-order valence-electron chi connectivity index (χ1n) is 15.6. The van der Waals surface area contributed by atoms with Crippen molar-refractivity contribution in [3.63, 3.8) is 0 Å². The number of rotatable bonds is 14. The molecule has 0 radical (unpaired) electrons. The van der Waals surface area contributed by atoms with Gasteiger partial charge < -0.3 is 29.6 Å². The first kappa shape index (κ1) is 31.7. The van der Waals surface area contributed by atoms with Crippen LogP contribution in [-0.4, -0.2) is 38.2 Å². The van der Waals surface area contributed by atoms with Gasteiger partial charge in [0.15, 0.2) is 0 Å². The summed E-state index contributed by atoms with van der Waals surface area (Å²) in [6.07, 6.45) is 0. The van der Waals surface area contributed by atoms with E-state index >= 15 is 0 Å². The molecule has 0 heterocycles. The van der Waals surface area contributed by atoms with Crippen LogP contribution in [-0.2, 0) is 0 Å². The highest BCUT2D eigenvalue weighted by molar-refractivity contribution is 6.14. The lowest BCUT2D eigenvalue weighted by molar-refractivity contribution is 0.101. The third-order valence-electron chi connectivity index (χ3n) is 7.38. The van der Waals surface area contributed by atoms with E-state index in [0.717, 1.165) is 22.3 Å². The second kappa shape index (κ2) is 15.8. The molecule has 0 unspecified atom stereocenters. The van der Waals surface area contributed by atoms with Crippen LogP contribution in [0.1, 0.15) is 20.7 Å². The Balaban J connectivity index is 1.02. The summed E-state index contributed by atoms with van der Waals surface area (Å²) in [5.74, 6) is 2.34. The van der Waals surface area contributed by atoms with Crippen LogP contribution in [0.15, 0.2) is 146 Å². The quantitative estimate of drug-likeness (QED) is 0.117. The van der Waals surface area contributed by atoms with Gasteiger partial charge in [0, 0.05) is 33.3 Å². The van der Waals surface area contributed by atoms with Crippen molar-refractivity contribution in [2.75, 3.05) is 37.1 Å². The molecule has 2 N–H and O–H groups in total. The van der Waals surface area contributed by atoms with Gasteiger partial charge in [-0.15, -0.1) is 0 Å². The number of hydrogen-bond acceptors (Lipinski definition) is 6. The summed E-state index contributed by atoms with van der Waals surface area (Å²) in [4.78, 5) is 26.3. The minimum atomic E-state index is -0.259. The van der Waals surface area contributed by atoms with E-state index in [9.17, 15) is 9.59 Å². The van der Waals surface area contributed by atoms with E-state index in [0.29, 0.717) is 60.4 Å². The van der Waals surface area contributed by atoms with Crippen LogP contribution in [0.2, 0.25) is 0 Å². The molecule has 2 amide bonds. The van der Waals surface area contributed by atoms with Gasteiger partial charge in [-0.3, -0.25) is 9.59 Å². The summed E-state index contributed by atoms with van der Waals surface area (Å²) in [6, 6.07) is 44.2. The van der Waals surface area contributed by atoms with E-state index in [1.54, 1.807) is 48.5 Å². The molecule has 6 aromatic carbocycles. The van der Waals surface area contributed by atoms with E-state index in [1.807, 2.05) is 97.1 Å². The molecular formula is C40H34N2O6. The Morgan fingerprint density at radius 3 is 1.06 bits per heavy atom. The second-order valence-corrected chi connectivity index (χ2v) is 10.7. The minimum absolute atomic E-state index is 0.259. The Morgan fingerprint density at radius 1 is 0.375 bits per heavy atom. The van der Waals surface area contributed by atoms with Crippen LogP contribution in [0.3, 0.4) is 0 Å². The number of fused-ring (bicyclic) bond motifs is 1. The van der Waals surface area contributed by atoms with Gasteiger partial charge in [-0.2, -0.15) is 0 Å². The number of amides is 2. The summed E-state index contributed by atoms with van der Waals surface area (Å²) in [6.45, 7) is 1.56. The number of carbonyl (C=O) groups is 2. The fourth-order valence-corrected chi connectivity index (χ4v) is 4.99. The molecule has 0 atom stereocenters. The van der Waals surface area contributed by atoms with Gasteiger partial charge in [-0.25, -0.2) is 0 Å². The lowest BCUT2D eigenvalue weighted by atomic mass is 10.1. The maximum Gasteiger partial charge on any atom is 0.255 e. The van der Waals surface area contributed by atoms with Crippen molar-refractivity contribution < 1.29 is 28.5 Å². The summed E-state index contributed by atoms with van der Waals surface area (Å²) in [7, 11) is 0. The summed E-state index contributed by atoms with van der Waals surface area (Å²) >= 11 is 0. The van der Waals surface area contributed by atoms with Crippen LogP contribution in [0, 0.1) is 0 Å². The highest BCUT2D eigenvalue weighted by Crippen LogP contribution is 2.30. The van der Waals surface area contributed by atoms with Crippen molar-refractivity contribution in [3.05, 3.63) is 157 Å². The molecule has 8 heteroatoms. The van der Waals surface area contributed by atoms with Crippen molar-refractivity contribution >= 4 is 34.0 Å². The number of ether oxygens (including phenoxy) is 4. The lowest BCUT2D eigenvalue weighted by Gasteiger charge is -2.13. The minimum Gasteiger partial charge on any atom is -0.490 e. The summed E-state index contributed by atoms with van der Waals surface area (Å²) in [5.41, 5.74) is 2.23. The number of benzene rings is 6. The van der Waals surface area contributed by atoms with Crippen LogP contribution in [0.5, 0.6) is 23.0 Å². The Labute approximate surface area is 278 Å². The molecule has 0 aromatic heterocycles. The molecule has 240 valence electrons. The topological polar surface area (TPSA) is 95.1 Å². The Kier molecular flexibility index (Phi) is 10.4. The van der Waals surface area contributed by atoms with Crippen molar-refractivity contribution in [2.45, 2.75) is 0 Å². The molecule has 6 rings (SSSR count). The number of hydrogen-bond donors (Lipinski definition) is 2. The summed E-state index contributed by atoms with van der Waals surface area (Å²) in [5, 5.41) is 7.60. The van der Waals surface area contributed by atoms with Gasteiger partial charge in [-0.05, 0) is 84.9 Å². The number of para-hydroxylation sites is 2. The van der Waals surface area contributed by atoms with E-state index in [-0.39, 0.29) is 11.8 Å². The maximum atomic E-state index is 13.2. The van der Waals surface area contributed by atoms with E-state index in [2.05, 4.69) is 10.6 Å². The standard InChI is InChI=1S/C40H34N2O6/c43-39(29-17-21-33(22-18-29)47-27-25-45-31-9-3-1-4-10-31)41-37-15-7-14-36-35(37)13-8-16-38(36)42-40(44)30-19-23-34(24-20-30)48-28-26-46-32-11-5-2-6-12-32/h1-24H,25-28H2,(H,41,43)(H,42,44). The zero-order chi connectivity index (χ0) is 33.0. The zero-order valence-electron chi connectivity index (χ0n) is 26.1. The number of nitrogens with one attached hydrogen (secondary N) is 2. The van der Waals surface area contributed by atoms with Gasteiger partial charge in [0.1, 0.15) is 49.4 Å². The predicted octanol–water partition coefficient (Wildman–Crippen LogP) is 8.26. The van der Waals surface area contributed by atoms with E-state index < -0.39 is 0 Å². The third kappa shape index (κ3) is 8.50. The van der Waals surface area contributed by atoms with Crippen LogP contribution in [0.4, 0.5) is 11.4 Å². The Hall–Kier alpha value is -6.28. The van der Waals surface area contributed by atoms with E-state index in [1.165, 1.54) is 0 Å². The molecule has 0 fully saturated rings. The van der Waals surface area contributed by atoms with Gasteiger partial charge in [0.05, 0.1) is 0 Å². The predicted molar refractivity (Wildman–Crippen MR) is 188 cm³/mol. The first-order chi connectivity index (χ1) is 23.6. The van der Waals surface area contributed by atoms with Gasteiger partial charge in [0.25, 0.3) is 11.8 Å². The van der Waals surface area contributed by atoms with Crippen molar-refractivity contribution in [2.24, 2.45) is 0 Å². The molecule has 0 aliphatic carbocycles. The average Bonchev–Trinajstić information content (AvgIpc) is 3.13. The molecule has 8 nitrogen and oxygen atoms in total. The number of anilines is 2. The smallest absolute Gasteiger partial charge is 0.255 e. The fourth-order valence-electron chi connectivity index (χ4n) is 4.99. The molecular weight excluding hydrogens is 604 g/mol. The lowest BCUT2D eigenvalue weighted by Crippen LogP contribution is -2.14. The third-order valence-corrected chi connectivity index (χ3v) is 7.38. The molecule has 0 saturated carbocycles. The van der Waals surface area contributed by atoms with Crippen molar-refractivity contribution in [1.82, 2.24) is 0 Å². The molecule has 0 saturated heterocycles. The van der Waals surface area contributed by atoms with Crippen LogP contribution < -0.4 is 29.6 Å². The normalized spacial score (nSPS) is 10.6. The van der Waals surface area contributed by atoms with Crippen molar-refractivity contribution in [3.8, 4) is 23.0 Å². The summed E-state index contributed by atoms with van der Waals surface area (Å²) < 4.78 is 22.8. The molecule has 0 spiro atoms. The molecule has 0 aliphatic heterocycles. The fraction of sp³-hybridized carbons (Fsp3) is 0.100. The molecule has 0 bridgehead atoms. The average molecular weight is 639 g/mol. The second-order valence-electron chi connectivity index (χ2n) is 10.7. The maximum absolute atomic E-state index is 13.2. The van der Waals surface area contributed by atoms with Gasteiger partial charge >= 0.3 is 0 Å². The van der Waals surface area contributed by atoms with E-state index in [4.69, 9.17) is 18.9 Å². The highest BCUT2D eigenvalue weighted by atomic mass is 16.5. The van der Waals surface area contributed by atoms with Crippen LogP contribution in [0.25, 0.3) is 10.8 Å². The highest BCUT2D eigenvalue weighted by Gasteiger charge is 2.13. The van der Waals surface area contributed by atoms with Gasteiger partial charge in [0.2, 0.25) is 0 Å². The molecule has 0 aliphatic rings. The molecule has 48 heavy (non-hydrogen) atoms. The van der Waals surface area contributed by atoms with Crippen LogP contribution >= 0.6 is 0 Å². The van der Waals surface area contributed by atoms with Gasteiger partial charge in [-0.1, -0.05) is 60.7 Å². The molecule has 6 aromatic rings. The largest absolute Gasteiger partial charge is 0.490 e. The Bertz CT molecular complexity index is 1800. The zero-order valence-corrected chi connectivity index (χ0v) is 26.1. The number of carbonyl (C=O) groups excluding carboxylic acids is 2.